The van der Waals surface area contributed by atoms with E-state index in [0.29, 0.717) is 0 Å². The van der Waals surface area contributed by atoms with Crippen LogP contribution in [0.3, 0.4) is 0 Å². The van der Waals surface area contributed by atoms with Gasteiger partial charge in [-0.05, 0) is 61.7 Å². The lowest BCUT2D eigenvalue weighted by Crippen LogP contribution is -2.44. The van der Waals surface area contributed by atoms with E-state index < -0.39 is 10.0 Å². The molecule has 0 saturated carbocycles. The fraction of sp³-hybridized carbons (Fsp3) is 0.381. The van der Waals surface area contributed by atoms with Gasteiger partial charge in [0.2, 0.25) is 10.0 Å². The van der Waals surface area contributed by atoms with Gasteiger partial charge in [-0.1, -0.05) is 35.9 Å². The number of nitrogens with zero attached hydrogens (tertiary/aromatic N) is 2. The molecule has 1 saturated heterocycles. The van der Waals surface area contributed by atoms with Gasteiger partial charge in [0.25, 0.3) is 5.91 Å². The first-order valence-corrected chi connectivity index (χ1v) is 11.6. The summed E-state index contributed by atoms with van der Waals surface area (Å²) >= 11 is 5.98. The summed E-state index contributed by atoms with van der Waals surface area (Å²) in [7, 11) is -2.24. The van der Waals surface area contributed by atoms with Crippen LogP contribution in [0, 0.1) is 0 Å². The van der Waals surface area contributed by atoms with E-state index in [0.717, 1.165) is 25.1 Å². The molecule has 6 nitrogen and oxygen atoms in total. The van der Waals surface area contributed by atoms with E-state index in [-0.39, 0.29) is 33.5 Å². The molecule has 2 aromatic rings. The molecule has 2 aliphatic rings. The summed E-state index contributed by atoms with van der Waals surface area (Å²) in [6.45, 7) is 2.07. The van der Waals surface area contributed by atoms with Crippen LogP contribution in [-0.4, -0.2) is 50.3 Å². The van der Waals surface area contributed by atoms with Crippen LogP contribution in [0.25, 0.3) is 0 Å². The summed E-state index contributed by atoms with van der Waals surface area (Å²) in [5, 5.41) is 5.26. The fourth-order valence-electron chi connectivity index (χ4n) is 4.61. The minimum Gasteiger partial charge on any atom is -0.333 e. The first kappa shape index (κ1) is 20.3. The molecule has 0 unspecified atom stereocenters. The highest BCUT2D eigenvalue weighted by Gasteiger charge is 2.41. The maximum atomic E-state index is 13.3. The third kappa shape index (κ3) is 3.80. The second kappa shape index (κ2) is 7.72. The van der Waals surface area contributed by atoms with Gasteiger partial charge in [0, 0.05) is 18.7 Å². The largest absolute Gasteiger partial charge is 0.333 e. The molecule has 2 aromatic carbocycles. The Labute approximate surface area is 176 Å². The van der Waals surface area contributed by atoms with E-state index in [1.807, 2.05) is 12.1 Å². The van der Waals surface area contributed by atoms with Gasteiger partial charge in [-0.25, -0.2) is 13.6 Å². The van der Waals surface area contributed by atoms with Crippen LogP contribution in [0.2, 0.25) is 5.02 Å². The molecule has 8 heteroatoms. The van der Waals surface area contributed by atoms with Crippen molar-refractivity contribution in [3.8, 4) is 0 Å². The van der Waals surface area contributed by atoms with Crippen LogP contribution in [0.5, 0.6) is 0 Å². The van der Waals surface area contributed by atoms with Crippen molar-refractivity contribution in [2.75, 3.05) is 20.1 Å². The average molecular weight is 434 g/mol. The highest BCUT2D eigenvalue weighted by atomic mass is 35.5. The Kier molecular flexibility index (Phi) is 5.42. The zero-order chi connectivity index (χ0) is 20.8. The summed E-state index contributed by atoms with van der Waals surface area (Å²) in [4.78, 5) is 17.3. The number of sulfonamides is 1. The number of benzene rings is 2. The number of amides is 1. The van der Waals surface area contributed by atoms with Gasteiger partial charge in [-0.3, -0.25) is 9.69 Å². The lowest BCUT2D eigenvalue weighted by Gasteiger charge is -2.35. The molecular formula is C21H24ClN3O3S. The van der Waals surface area contributed by atoms with Crippen molar-refractivity contribution in [3.63, 3.8) is 0 Å². The van der Waals surface area contributed by atoms with Crippen LogP contribution in [0.4, 0.5) is 0 Å². The van der Waals surface area contributed by atoms with E-state index in [4.69, 9.17) is 16.7 Å². The van der Waals surface area contributed by atoms with Crippen LogP contribution in [-0.2, 0) is 16.4 Å². The van der Waals surface area contributed by atoms with Gasteiger partial charge in [-0.2, -0.15) is 0 Å². The molecule has 1 aliphatic heterocycles. The van der Waals surface area contributed by atoms with Gasteiger partial charge >= 0.3 is 0 Å². The van der Waals surface area contributed by atoms with Crippen LogP contribution < -0.4 is 5.14 Å². The molecule has 1 aliphatic carbocycles. The Hall–Kier alpha value is -1.93. The summed E-state index contributed by atoms with van der Waals surface area (Å²) in [6, 6.07) is 12.6. The zero-order valence-corrected chi connectivity index (χ0v) is 17.8. The van der Waals surface area contributed by atoms with E-state index in [1.165, 1.54) is 30.5 Å². The Morgan fingerprint density at radius 1 is 1.17 bits per heavy atom. The topological polar surface area (TPSA) is 83.7 Å². The van der Waals surface area contributed by atoms with Gasteiger partial charge in [0.05, 0.1) is 11.1 Å². The van der Waals surface area contributed by atoms with Gasteiger partial charge in [0.15, 0.2) is 0 Å². The number of likely N-dealkylation sites (N-methyl/N-ethyl adjacent to an activating group) is 1. The third-order valence-corrected chi connectivity index (χ3v) is 7.39. The number of likely N-dealkylation sites (tertiary alicyclic amines) is 1. The second-order valence-electron chi connectivity index (χ2n) is 7.76. The average Bonchev–Trinajstić information content (AvgIpc) is 3.33. The molecule has 29 heavy (non-hydrogen) atoms. The van der Waals surface area contributed by atoms with E-state index in [1.54, 1.807) is 18.0 Å². The number of hydrogen-bond acceptors (Lipinski definition) is 4. The molecule has 4 rings (SSSR count). The molecular weight excluding hydrogens is 410 g/mol. The number of hydrogen-bond donors (Lipinski definition) is 1. The standard InChI is InChI=1S/C21H24ClN3O3S/c1-24(21(26)15-8-9-17(22)19(13-15)29(23,27)28)20-16-7-3-2-6-14(16)12-18(20)25-10-4-5-11-25/h2-3,6-9,13,18,20H,4-5,10-12H2,1H3,(H2,23,27,28)/t18-,20-/m1/s1. The Bertz CT molecular complexity index is 1050. The van der Waals surface area contributed by atoms with Crippen molar-refractivity contribution in [3.05, 3.63) is 64.2 Å². The molecule has 1 amide bonds. The smallest absolute Gasteiger partial charge is 0.254 e. The predicted octanol–water partition coefficient (Wildman–Crippen LogP) is 2.82. The minimum absolute atomic E-state index is 0.00728. The number of carbonyl (C=O) groups is 1. The zero-order valence-electron chi connectivity index (χ0n) is 16.2. The Morgan fingerprint density at radius 3 is 2.55 bits per heavy atom. The van der Waals surface area contributed by atoms with Crippen LogP contribution in [0.15, 0.2) is 47.4 Å². The number of primary sulfonamides is 1. The maximum Gasteiger partial charge on any atom is 0.254 e. The quantitative estimate of drug-likeness (QED) is 0.803. The number of rotatable bonds is 4. The van der Waals surface area contributed by atoms with Gasteiger partial charge < -0.3 is 4.90 Å². The van der Waals surface area contributed by atoms with Crippen molar-refractivity contribution in [2.45, 2.75) is 36.2 Å². The van der Waals surface area contributed by atoms with E-state index in [2.05, 4.69) is 17.0 Å². The molecule has 1 fully saturated rings. The van der Waals surface area contributed by atoms with Gasteiger partial charge in [0.1, 0.15) is 4.90 Å². The van der Waals surface area contributed by atoms with Crippen molar-refractivity contribution in [1.29, 1.82) is 0 Å². The molecule has 1 heterocycles. The van der Waals surface area contributed by atoms with Crippen molar-refractivity contribution in [1.82, 2.24) is 9.80 Å². The van der Waals surface area contributed by atoms with Crippen LogP contribution >= 0.6 is 11.6 Å². The highest BCUT2D eigenvalue weighted by Crippen LogP contribution is 2.40. The van der Waals surface area contributed by atoms with Crippen molar-refractivity contribution >= 4 is 27.5 Å². The number of nitrogens with two attached hydrogens (primary N) is 1. The highest BCUT2D eigenvalue weighted by molar-refractivity contribution is 7.89. The Balaban J connectivity index is 1.70. The SMILES string of the molecule is CN(C(=O)c1ccc(Cl)c(S(N)(=O)=O)c1)[C@@H]1c2ccccc2C[C@H]1N1CCCC1. The number of fused-ring (bicyclic) bond motifs is 1. The summed E-state index contributed by atoms with van der Waals surface area (Å²) in [5.41, 5.74) is 2.67. The third-order valence-electron chi connectivity index (χ3n) is 6.00. The lowest BCUT2D eigenvalue weighted by atomic mass is 10.0. The van der Waals surface area contributed by atoms with Gasteiger partial charge in [-0.15, -0.1) is 0 Å². The number of carbonyl (C=O) groups excluding carboxylic acids is 1. The molecule has 0 aromatic heterocycles. The lowest BCUT2D eigenvalue weighted by molar-refractivity contribution is 0.0624. The van der Waals surface area contributed by atoms with E-state index >= 15 is 0 Å². The first-order valence-electron chi connectivity index (χ1n) is 9.69. The first-order chi connectivity index (χ1) is 13.8. The fourth-order valence-corrected chi connectivity index (χ4v) is 5.68. The van der Waals surface area contributed by atoms with Crippen molar-refractivity contribution in [2.24, 2.45) is 5.14 Å². The summed E-state index contributed by atoms with van der Waals surface area (Å²) in [5.74, 6) is -0.252. The molecule has 0 spiro atoms. The predicted molar refractivity (Wildman–Crippen MR) is 112 cm³/mol. The maximum absolute atomic E-state index is 13.3. The van der Waals surface area contributed by atoms with E-state index in [9.17, 15) is 13.2 Å². The normalized spacial score (nSPS) is 21.9. The molecule has 2 N–H and O–H groups in total. The Morgan fingerprint density at radius 2 is 1.86 bits per heavy atom. The summed E-state index contributed by atoms with van der Waals surface area (Å²) < 4.78 is 23.6. The molecule has 0 bridgehead atoms. The summed E-state index contributed by atoms with van der Waals surface area (Å²) in [6.07, 6.45) is 3.25. The van der Waals surface area contributed by atoms with Crippen molar-refractivity contribution < 1.29 is 13.2 Å². The van der Waals surface area contributed by atoms with Crippen LogP contribution in [0.1, 0.15) is 40.4 Å². The molecule has 0 radical (unpaired) electrons. The minimum atomic E-state index is -4.02. The molecule has 2 atom stereocenters. The number of halogens is 1. The monoisotopic (exact) mass is 433 g/mol. The molecule has 154 valence electrons. The second-order valence-corrected chi connectivity index (χ2v) is 9.70.